The number of aliphatic hydroxyl groups is 1. The molecule has 0 radical (unpaired) electrons. The number of hydrogen-bond acceptors (Lipinski definition) is 7. The lowest BCUT2D eigenvalue weighted by atomic mass is 9.68. The normalized spacial score (nSPS) is 26.6. The third kappa shape index (κ3) is 8.03. The van der Waals surface area contributed by atoms with E-state index in [1.165, 1.54) is 11.1 Å². The lowest BCUT2D eigenvalue weighted by Gasteiger charge is -2.45. The standard InChI is InChI=1S/C47H55ClN2O6SSi/c1-46(2,3)58(38-12-6-4-7-13-38,39-14-8-5-9-15-39)56-30-33-16-22-43(51)40-20-17-36(40)29-50-31-47(25-10-11-34-27-37(48)19-21-41(34)47)32-55-44-23-18-35(28-42(44)50)45(52)49-57(53,54)26-24-33/h4-9,12-16,18-19,21-23,27-28,33,36,40,43,51H,10-11,17,20,24-26,29-32H2,1-3H3,(H,49,52)/b22-16-/t33-,36+,40-,43+,47+/m1/s1. The molecule has 0 saturated heterocycles. The summed E-state index contributed by atoms with van der Waals surface area (Å²) in [5, 5.41) is 14.6. The SMILES string of the molecule is CC(C)(C)[Si](OC[C@@H]1/C=C\[C@H](O)[C@@H]2CC[C@H]2CN2C[C@@]3(CCCc4cc(Cl)ccc43)COc3ccc(cc32)C(=O)NS(=O)(=O)CC1)(c1ccccc1)c1ccccc1. The minimum atomic E-state index is -4.05. The number of rotatable bonds is 5. The van der Waals surface area contributed by atoms with Crippen LogP contribution in [-0.4, -0.2) is 65.9 Å². The van der Waals surface area contributed by atoms with Crippen molar-refractivity contribution in [1.29, 1.82) is 0 Å². The molecule has 2 aliphatic heterocycles. The Balaban J connectivity index is 1.13. The van der Waals surface area contributed by atoms with Crippen LogP contribution in [0.1, 0.15) is 74.4 Å². The fourth-order valence-corrected chi connectivity index (χ4v) is 15.9. The zero-order valence-corrected chi connectivity index (χ0v) is 36.3. The van der Waals surface area contributed by atoms with Crippen molar-refractivity contribution >= 4 is 51.9 Å². The molecule has 0 aromatic heterocycles. The van der Waals surface area contributed by atoms with Gasteiger partial charge >= 0.3 is 0 Å². The Labute approximate surface area is 349 Å². The molecule has 2 bridgehead atoms. The molecule has 4 aromatic rings. The largest absolute Gasteiger partial charge is 0.490 e. The van der Waals surface area contributed by atoms with Crippen molar-refractivity contribution in [2.75, 3.05) is 37.0 Å². The molecule has 8 rings (SSSR count). The Kier molecular flexibility index (Phi) is 11.4. The number of halogens is 1. The van der Waals surface area contributed by atoms with Crippen LogP contribution in [0.25, 0.3) is 0 Å². The number of amides is 1. The van der Waals surface area contributed by atoms with Crippen LogP contribution in [0.3, 0.4) is 0 Å². The summed E-state index contributed by atoms with van der Waals surface area (Å²) in [5.41, 5.74) is 3.20. The number of ether oxygens (including phenoxy) is 1. The molecule has 4 aromatic carbocycles. The van der Waals surface area contributed by atoms with Gasteiger partial charge in [-0.3, -0.25) is 4.79 Å². The van der Waals surface area contributed by atoms with Gasteiger partial charge in [-0.05, 0) is 107 Å². The summed E-state index contributed by atoms with van der Waals surface area (Å²) in [6, 6.07) is 32.1. The fraction of sp³-hybridized carbons (Fsp3) is 0.426. The molecule has 1 amide bonds. The predicted molar refractivity (Wildman–Crippen MR) is 235 cm³/mol. The highest BCUT2D eigenvalue weighted by molar-refractivity contribution is 7.90. The average Bonchev–Trinajstić information content (AvgIpc) is 3.33. The third-order valence-corrected chi connectivity index (χ3v) is 19.7. The van der Waals surface area contributed by atoms with Crippen molar-refractivity contribution < 1.29 is 27.5 Å². The van der Waals surface area contributed by atoms with Gasteiger partial charge < -0.3 is 19.2 Å². The van der Waals surface area contributed by atoms with Crippen LogP contribution in [0.5, 0.6) is 5.75 Å². The number of benzene rings is 4. The van der Waals surface area contributed by atoms with E-state index in [1.54, 1.807) is 18.2 Å². The minimum Gasteiger partial charge on any atom is -0.490 e. The predicted octanol–water partition coefficient (Wildman–Crippen LogP) is 7.41. The Hall–Kier alpha value is -3.93. The molecule has 1 saturated carbocycles. The van der Waals surface area contributed by atoms with E-state index in [1.807, 2.05) is 54.6 Å². The first-order valence-corrected chi connectivity index (χ1v) is 24.7. The van der Waals surface area contributed by atoms with Crippen molar-refractivity contribution in [3.8, 4) is 5.75 Å². The number of sulfonamides is 1. The molecule has 2 heterocycles. The van der Waals surface area contributed by atoms with Crippen LogP contribution in [0.15, 0.2) is 109 Å². The number of anilines is 1. The summed E-state index contributed by atoms with van der Waals surface area (Å²) in [4.78, 5) is 16.1. The van der Waals surface area contributed by atoms with Crippen LogP contribution >= 0.6 is 11.6 Å². The second-order valence-corrected chi connectivity index (χ2v) is 24.5. The van der Waals surface area contributed by atoms with Gasteiger partial charge in [0.15, 0.2) is 0 Å². The zero-order chi connectivity index (χ0) is 40.7. The van der Waals surface area contributed by atoms with E-state index >= 15 is 0 Å². The molecule has 306 valence electrons. The Bertz CT molecular complexity index is 2230. The highest BCUT2D eigenvalue weighted by atomic mass is 35.5. The van der Waals surface area contributed by atoms with E-state index in [0.29, 0.717) is 25.4 Å². The lowest BCUT2D eigenvalue weighted by molar-refractivity contribution is 0.0453. The molecule has 1 spiro atoms. The Morgan fingerprint density at radius 2 is 1.67 bits per heavy atom. The molecule has 2 aliphatic carbocycles. The molecule has 0 unspecified atom stereocenters. The minimum absolute atomic E-state index is 0.0265. The molecule has 58 heavy (non-hydrogen) atoms. The summed E-state index contributed by atoms with van der Waals surface area (Å²) < 4.78 is 43.7. The molecule has 4 aliphatic rings. The van der Waals surface area contributed by atoms with Crippen LogP contribution in [0.2, 0.25) is 10.1 Å². The maximum absolute atomic E-state index is 13.8. The van der Waals surface area contributed by atoms with Crippen molar-refractivity contribution in [3.05, 3.63) is 131 Å². The number of hydrogen-bond donors (Lipinski definition) is 2. The van der Waals surface area contributed by atoms with Gasteiger partial charge in [0.25, 0.3) is 14.2 Å². The second kappa shape index (κ2) is 16.3. The monoisotopic (exact) mass is 838 g/mol. The smallest absolute Gasteiger partial charge is 0.264 e. The van der Waals surface area contributed by atoms with Gasteiger partial charge in [-0.2, -0.15) is 0 Å². The number of nitrogens with one attached hydrogen (secondary N) is 1. The number of carbonyl (C=O) groups excluding carboxylic acids is 1. The summed E-state index contributed by atoms with van der Waals surface area (Å²) >= 11 is 6.47. The first kappa shape index (κ1) is 40.8. The van der Waals surface area contributed by atoms with E-state index in [9.17, 15) is 18.3 Å². The zero-order valence-electron chi connectivity index (χ0n) is 33.7. The molecule has 8 nitrogen and oxygen atoms in total. The number of fused-ring (bicyclic) bond motifs is 4. The molecular weight excluding hydrogens is 784 g/mol. The first-order valence-electron chi connectivity index (χ1n) is 20.7. The molecule has 1 fully saturated rings. The summed E-state index contributed by atoms with van der Waals surface area (Å²) in [7, 11) is -6.98. The molecule has 2 N–H and O–H groups in total. The second-order valence-electron chi connectivity index (χ2n) is 17.9. The van der Waals surface area contributed by atoms with Gasteiger partial charge in [-0.1, -0.05) is 111 Å². The number of aliphatic hydroxyl groups excluding tert-OH is 1. The maximum Gasteiger partial charge on any atom is 0.264 e. The number of aryl methyl sites for hydroxylation is 1. The van der Waals surface area contributed by atoms with Crippen LogP contribution in [-0.2, 0) is 26.3 Å². The quantitative estimate of drug-likeness (QED) is 0.159. The van der Waals surface area contributed by atoms with E-state index in [-0.39, 0.29) is 52.6 Å². The van der Waals surface area contributed by atoms with E-state index in [4.69, 9.17) is 20.8 Å². The van der Waals surface area contributed by atoms with Gasteiger partial charge in [0.1, 0.15) is 5.75 Å². The maximum atomic E-state index is 13.8. The number of carbonyl (C=O) groups is 1. The highest BCUT2D eigenvalue weighted by Crippen LogP contribution is 2.47. The van der Waals surface area contributed by atoms with E-state index < -0.39 is 30.4 Å². The summed E-state index contributed by atoms with van der Waals surface area (Å²) in [6.45, 7) is 8.70. The van der Waals surface area contributed by atoms with Crippen LogP contribution in [0.4, 0.5) is 5.69 Å². The van der Waals surface area contributed by atoms with Crippen molar-refractivity contribution in [3.63, 3.8) is 0 Å². The third-order valence-electron chi connectivity index (χ3n) is 13.2. The fourth-order valence-electron chi connectivity index (χ4n) is 10.0. The summed E-state index contributed by atoms with van der Waals surface area (Å²) in [6.07, 6.45) is 8.08. The van der Waals surface area contributed by atoms with Gasteiger partial charge in [-0.15, -0.1) is 0 Å². The summed E-state index contributed by atoms with van der Waals surface area (Å²) in [5.74, 6) is -0.404. The van der Waals surface area contributed by atoms with Crippen molar-refractivity contribution in [2.45, 2.75) is 75.9 Å². The van der Waals surface area contributed by atoms with Gasteiger partial charge in [0.2, 0.25) is 10.0 Å². The Morgan fingerprint density at radius 3 is 2.34 bits per heavy atom. The van der Waals surface area contributed by atoms with Crippen molar-refractivity contribution in [1.82, 2.24) is 4.72 Å². The van der Waals surface area contributed by atoms with Gasteiger partial charge in [-0.25, -0.2) is 13.1 Å². The van der Waals surface area contributed by atoms with E-state index in [0.717, 1.165) is 53.2 Å². The lowest BCUT2D eigenvalue weighted by Crippen LogP contribution is -2.66. The van der Waals surface area contributed by atoms with Gasteiger partial charge in [0, 0.05) is 41.6 Å². The topological polar surface area (TPSA) is 105 Å². The Morgan fingerprint density at radius 1 is 0.948 bits per heavy atom. The first-order chi connectivity index (χ1) is 27.8. The molecule has 5 atom stereocenters. The average molecular weight is 840 g/mol. The van der Waals surface area contributed by atoms with Crippen LogP contribution in [0, 0.1) is 17.8 Å². The molecule has 11 heteroatoms. The van der Waals surface area contributed by atoms with Gasteiger partial charge in [0.05, 0.1) is 24.2 Å². The molecular formula is C47H55ClN2O6SSi. The number of nitrogens with zero attached hydrogens (tertiary/aromatic N) is 1. The van der Waals surface area contributed by atoms with Crippen LogP contribution < -0.4 is 24.7 Å². The van der Waals surface area contributed by atoms with E-state index in [2.05, 4.69) is 66.8 Å². The highest BCUT2D eigenvalue weighted by Gasteiger charge is 2.50. The van der Waals surface area contributed by atoms with Crippen molar-refractivity contribution in [2.24, 2.45) is 17.8 Å².